The fraction of sp³-hybridized carbons (Fsp3) is 0.545. The second-order valence-corrected chi connectivity index (χ2v) is 5.44. The van der Waals surface area contributed by atoms with Crippen LogP contribution in [0.15, 0.2) is 6.20 Å². The third kappa shape index (κ3) is 1.80. The molecule has 0 spiro atoms. The predicted molar refractivity (Wildman–Crippen MR) is 71.3 cm³/mol. The molecule has 2 aromatic heterocycles. The fourth-order valence-electron chi connectivity index (χ4n) is 2.32. The van der Waals surface area contributed by atoms with Gasteiger partial charge in [0.2, 0.25) is 5.95 Å². The first-order valence-corrected chi connectivity index (χ1v) is 6.14. The van der Waals surface area contributed by atoms with E-state index in [1.165, 1.54) is 0 Å². The van der Waals surface area contributed by atoms with E-state index in [9.17, 15) is 5.11 Å². The quantitative estimate of drug-likeness (QED) is 0.396. The summed E-state index contributed by atoms with van der Waals surface area (Å²) in [5.41, 5.74) is 2.86. The average molecular weight is 263 g/mol. The summed E-state index contributed by atoms with van der Waals surface area (Å²) in [6.45, 7) is 4.05. The van der Waals surface area contributed by atoms with Crippen LogP contribution in [0.5, 0.6) is 0 Å². The number of nitrogens with zero attached hydrogens (tertiary/aromatic N) is 3. The molecule has 1 aliphatic carbocycles. The molecule has 3 rings (SSSR count). The van der Waals surface area contributed by atoms with Gasteiger partial charge in [0.05, 0.1) is 17.7 Å². The minimum atomic E-state index is -0.293. The Kier molecular flexibility index (Phi) is 2.58. The Morgan fingerprint density at radius 2 is 2.26 bits per heavy atom. The van der Waals surface area contributed by atoms with E-state index in [-0.39, 0.29) is 17.6 Å². The van der Waals surface area contributed by atoms with Gasteiger partial charge in [-0.05, 0) is 6.42 Å². The summed E-state index contributed by atoms with van der Waals surface area (Å²) in [5, 5.41) is 20.7. The van der Waals surface area contributed by atoms with Crippen molar-refractivity contribution in [3.05, 3.63) is 6.20 Å². The van der Waals surface area contributed by atoms with E-state index in [4.69, 9.17) is 5.84 Å². The van der Waals surface area contributed by atoms with Gasteiger partial charge < -0.3 is 10.4 Å². The fourth-order valence-corrected chi connectivity index (χ4v) is 2.32. The summed E-state index contributed by atoms with van der Waals surface area (Å²) >= 11 is 0. The minimum absolute atomic E-state index is 0.154. The Bertz CT molecular complexity index is 608. The molecule has 0 radical (unpaired) electrons. The number of anilines is 2. The maximum atomic E-state index is 9.77. The largest absolute Gasteiger partial charge is 0.392 e. The van der Waals surface area contributed by atoms with E-state index in [2.05, 4.69) is 30.9 Å². The topological polar surface area (TPSA) is 125 Å². The normalized spacial score (nSPS) is 25.1. The molecule has 0 amide bonds. The summed E-state index contributed by atoms with van der Waals surface area (Å²) in [7, 11) is 0. The van der Waals surface area contributed by atoms with Gasteiger partial charge in [-0.1, -0.05) is 13.8 Å². The van der Waals surface area contributed by atoms with E-state index in [0.29, 0.717) is 23.8 Å². The summed E-state index contributed by atoms with van der Waals surface area (Å²) < 4.78 is 0. The lowest BCUT2D eigenvalue weighted by atomic mass is 9.64. The van der Waals surface area contributed by atoms with Crippen molar-refractivity contribution < 1.29 is 5.11 Å². The minimum Gasteiger partial charge on any atom is -0.392 e. The number of aliphatic hydroxyl groups is 1. The van der Waals surface area contributed by atoms with Gasteiger partial charge in [0.1, 0.15) is 5.82 Å². The van der Waals surface area contributed by atoms with Crippen molar-refractivity contribution in [2.75, 3.05) is 10.7 Å². The highest BCUT2D eigenvalue weighted by Crippen LogP contribution is 2.42. The van der Waals surface area contributed by atoms with E-state index in [0.717, 1.165) is 5.39 Å². The van der Waals surface area contributed by atoms with Gasteiger partial charge in [0.15, 0.2) is 5.65 Å². The van der Waals surface area contributed by atoms with E-state index in [1.807, 2.05) is 13.8 Å². The third-order valence-corrected chi connectivity index (χ3v) is 3.97. The number of aliphatic hydroxyl groups excluding tert-OH is 1. The molecule has 6 N–H and O–H groups in total. The van der Waals surface area contributed by atoms with Crippen LogP contribution in [0, 0.1) is 5.41 Å². The van der Waals surface area contributed by atoms with Crippen LogP contribution in [0.2, 0.25) is 0 Å². The van der Waals surface area contributed by atoms with Gasteiger partial charge in [-0.25, -0.2) is 5.84 Å². The Morgan fingerprint density at radius 1 is 1.47 bits per heavy atom. The van der Waals surface area contributed by atoms with Crippen LogP contribution in [0.1, 0.15) is 20.3 Å². The maximum absolute atomic E-state index is 9.77. The van der Waals surface area contributed by atoms with Gasteiger partial charge in [-0.15, -0.1) is 0 Å². The lowest BCUT2D eigenvalue weighted by molar-refractivity contribution is -0.0511. The van der Waals surface area contributed by atoms with Crippen molar-refractivity contribution in [1.29, 1.82) is 0 Å². The standard InChI is InChI=1S/C11H17N7O/c1-11(2)6(3-7(11)19)14-8-5-4-13-18-9(5)16-10(15-8)17-12/h4,6-7,19H,3,12H2,1-2H3,(H3,13,14,15,16,17,18). The van der Waals surface area contributed by atoms with Gasteiger partial charge in [-0.2, -0.15) is 15.1 Å². The lowest BCUT2D eigenvalue weighted by Gasteiger charge is -2.49. The van der Waals surface area contributed by atoms with Crippen LogP contribution in [-0.4, -0.2) is 37.4 Å². The van der Waals surface area contributed by atoms with Crippen LogP contribution in [-0.2, 0) is 0 Å². The predicted octanol–water partition coefficient (Wildman–Crippen LogP) is 0.210. The Labute approximate surface area is 109 Å². The molecule has 0 bridgehead atoms. The van der Waals surface area contributed by atoms with Crippen molar-refractivity contribution in [2.24, 2.45) is 11.3 Å². The van der Waals surface area contributed by atoms with E-state index in [1.54, 1.807) is 6.20 Å². The van der Waals surface area contributed by atoms with E-state index < -0.39 is 0 Å². The molecule has 0 saturated heterocycles. The monoisotopic (exact) mass is 263 g/mol. The number of rotatable bonds is 3. The van der Waals surface area contributed by atoms with Crippen LogP contribution >= 0.6 is 0 Å². The van der Waals surface area contributed by atoms with Gasteiger partial charge >= 0.3 is 0 Å². The first-order valence-electron chi connectivity index (χ1n) is 6.14. The zero-order chi connectivity index (χ0) is 13.6. The summed E-state index contributed by atoms with van der Waals surface area (Å²) in [4.78, 5) is 8.47. The van der Waals surface area contributed by atoms with Crippen molar-refractivity contribution in [3.8, 4) is 0 Å². The molecule has 2 aromatic rings. The van der Waals surface area contributed by atoms with Crippen molar-refractivity contribution in [1.82, 2.24) is 20.2 Å². The molecule has 1 fully saturated rings. The molecule has 19 heavy (non-hydrogen) atoms. The number of nitrogens with one attached hydrogen (secondary N) is 3. The Balaban J connectivity index is 1.94. The summed E-state index contributed by atoms with van der Waals surface area (Å²) in [6.07, 6.45) is 2.07. The molecular weight excluding hydrogens is 246 g/mol. The molecule has 1 aliphatic rings. The first-order chi connectivity index (χ1) is 9.02. The molecule has 1 saturated carbocycles. The molecule has 2 heterocycles. The second-order valence-electron chi connectivity index (χ2n) is 5.44. The number of hydrogen-bond donors (Lipinski definition) is 5. The zero-order valence-corrected chi connectivity index (χ0v) is 10.8. The molecule has 102 valence electrons. The summed E-state index contributed by atoms with van der Waals surface area (Å²) in [6, 6.07) is 0.154. The number of H-pyrrole nitrogens is 1. The Morgan fingerprint density at radius 3 is 2.89 bits per heavy atom. The van der Waals surface area contributed by atoms with E-state index >= 15 is 0 Å². The highest BCUT2D eigenvalue weighted by Gasteiger charge is 2.47. The third-order valence-electron chi connectivity index (χ3n) is 3.97. The van der Waals surface area contributed by atoms with Crippen LogP contribution in [0.3, 0.4) is 0 Å². The average Bonchev–Trinajstić information content (AvgIpc) is 2.86. The zero-order valence-electron chi connectivity index (χ0n) is 10.8. The highest BCUT2D eigenvalue weighted by molar-refractivity contribution is 5.87. The molecular formula is C11H17N7O. The number of nitrogen functional groups attached to an aromatic ring is 1. The molecule has 8 heteroatoms. The highest BCUT2D eigenvalue weighted by atomic mass is 16.3. The van der Waals surface area contributed by atoms with Crippen molar-refractivity contribution in [2.45, 2.75) is 32.4 Å². The van der Waals surface area contributed by atoms with Crippen LogP contribution < -0.4 is 16.6 Å². The van der Waals surface area contributed by atoms with Crippen molar-refractivity contribution in [3.63, 3.8) is 0 Å². The molecule has 2 unspecified atom stereocenters. The SMILES string of the molecule is CC1(C)C(O)CC1Nc1nc(NN)nc2[nH]ncc12. The first kappa shape index (κ1) is 12.1. The molecule has 0 aromatic carbocycles. The van der Waals surface area contributed by atoms with Gasteiger partial charge in [-0.3, -0.25) is 10.5 Å². The van der Waals surface area contributed by atoms with Crippen molar-refractivity contribution >= 4 is 22.8 Å². The summed E-state index contributed by atoms with van der Waals surface area (Å²) in [5.74, 6) is 6.33. The van der Waals surface area contributed by atoms with Crippen LogP contribution in [0.4, 0.5) is 11.8 Å². The molecule has 8 nitrogen and oxygen atoms in total. The molecule has 2 atom stereocenters. The molecule has 0 aliphatic heterocycles. The number of aromatic amines is 1. The number of aromatic nitrogens is 4. The maximum Gasteiger partial charge on any atom is 0.241 e. The number of hydrogen-bond acceptors (Lipinski definition) is 7. The number of hydrazine groups is 1. The van der Waals surface area contributed by atoms with Crippen LogP contribution in [0.25, 0.3) is 11.0 Å². The van der Waals surface area contributed by atoms with Gasteiger partial charge in [0, 0.05) is 11.5 Å². The van der Waals surface area contributed by atoms with Gasteiger partial charge in [0.25, 0.3) is 0 Å². The lowest BCUT2D eigenvalue weighted by Crippen LogP contribution is -2.57. The smallest absolute Gasteiger partial charge is 0.241 e. The number of nitrogens with two attached hydrogens (primary N) is 1. The number of fused-ring (bicyclic) bond motifs is 1. The second kappa shape index (κ2) is 4.04. The Hall–Kier alpha value is -1.93.